The van der Waals surface area contributed by atoms with E-state index in [1.54, 1.807) is 29.2 Å². The predicted octanol–water partition coefficient (Wildman–Crippen LogP) is 1.91. The van der Waals surface area contributed by atoms with E-state index in [1.807, 2.05) is 0 Å². The molecule has 9 nitrogen and oxygen atoms in total. The summed E-state index contributed by atoms with van der Waals surface area (Å²) >= 11 is 0. The first-order valence-electron chi connectivity index (χ1n) is 9.29. The fourth-order valence-corrected chi connectivity index (χ4v) is 3.18. The van der Waals surface area contributed by atoms with Crippen LogP contribution in [-0.2, 0) is 4.79 Å². The number of ether oxygens (including phenoxy) is 3. The average molecular weight is 413 g/mol. The molecule has 1 saturated heterocycles. The Hall–Kier alpha value is -3.75. The number of hydrogen-bond donors (Lipinski definition) is 2. The number of rotatable bonds is 6. The molecule has 1 aliphatic rings. The monoisotopic (exact) mass is 413 g/mol. The Morgan fingerprint density at radius 2 is 1.43 bits per heavy atom. The smallest absolute Gasteiger partial charge is 0.269 e. The van der Waals surface area contributed by atoms with Crippen molar-refractivity contribution < 1.29 is 28.6 Å². The zero-order valence-electron chi connectivity index (χ0n) is 17.0. The van der Waals surface area contributed by atoms with Crippen molar-refractivity contribution in [1.29, 1.82) is 0 Å². The molecule has 0 bridgehead atoms. The molecule has 2 aromatic carbocycles. The summed E-state index contributed by atoms with van der Waals surface area (Å²) in [5, 5.41) is 0. The van der Waals surface area contributed by atoms with Gasteiger partial charge in [0.25, 0.3) is 11.8 Å². The van der Waals surface area contributed by atoms with Gasteiger partial charge in [-0.1, -0.05) is 0 Å². The van der Waals surface area contributed by atoms with Crippen LogP contribution in [-0.4, -0.2) is 45.6 Å². The minimum atomic E-state index is -0.554. The maximum absolute atomic E-state index is 12.5. The molecule has 1 heterocycles. The summed E-state index contributed by atoms with van der Waals surface area (Å²) in [6.45, 7) is 0.676. The van der Waals surface area contributed by atoms with Crippen LogP contribution >= 0.6 is 0 Å². The van der Waals surface area contributed by atoms with E-state index < -0.39 is 11.8 Å². The molecular weight excluding hydrogens is 390 g/mol. The minimum Gasteiger partial charge on any atom is -0.493 e. The van der Waals surface area contributed by atoms with Crippen molar-refractivity contribution in [2.24, 2.45) is 0 Å². The van der Waals surface area contributed by atoms with E-state index in [9.17, 15) is 14.4 Å². The first-order valence-corrected chi connectivity index (χ1v) is 9.29. The highest BCUT2D eigenvalue weighted by Gasteiger charge is 2.22. The van der Waals surface area contributed by atoms with E-state index in [-0.39, 0.29) is 11.5 Å². The van der Waals surface area contributed by atoms with E-state index in [0.717, 1.165) is 12.1 Å². The molecule has 0 aromatic heterocycles. The van der Waals surface area contributed by atoms with E-state index in [4.69, 9.17) is 14.2 Å². The average Bonchev–Trinajstić information content (AvgIpc) is 3.21. The summed E-state index contributed by atoms with van der Waals surface area (Å²) in [5.74, 6) is 0.0275. The van der Waals surface area contributed by atoms with Crippen LogP contribution in [0.1, 0.15) is 33.6 Å². The summed E-state index contributed by atoms with van der Waals surface area (Å²) in [5.41, 5.74) is 6.03. The van der Waals surface area contributed by atoms with E-state index >= 15 is 0 Å². The molecule has 9 heteroatoms. The molecule has 0 spiro atoms. The van der Waals surface area contributed by atoms with Gasteiger partial charge in [0.2, 0.25) is 11.7 Å². The molecule has 2 N–H and O–H groups in total. The molecule has 0 aliphatic carbocycles. The number of hydrogen-bond acceptors (Lipinski definition) is 6. The zero-order chi connectivity index (χ0) is 21.7. The SMILES string of the molecule is COc1cc(C(=O)NNC(=O)c2ccc(N3CCCC3=O)cc2)cc(OC)c1OC. The van der Waals surface area contributed by atoms with Crippen molar-refractivity contribution >= 4 is 23.4 Å². The second-order valence-corrected chi connectivity index (χ2v) is 6.52. The number of nitrogens with one attached hydrogen (secondary N) is 2. The Kier molecular flexibility index (Phi) is 6.41. The quantitative estimate of drug-likeness (QED) is 0.701. The Morgan fingerprint density at radius 3 is 1.90 bits per heavy atom. The fourth-order valence-electron chi connectivity index (χ4n) is 3.18. The normalized spacial score (nSPS) is 13.0. The van der Waals surface area contributed by atoms with Crippen LogP contribution in [0.15, 0.2) is 36.4 Å². The molecule has 0 saturated carbocycles. The number of nitrogens with zero attached hydrogens (tertiary/aromatic N) is 1. The lowest BCUT2D eigenvalue weighted by atomic mass is 10.1. The van der Waals surface area contributed by atoms with E-state index in [1.165, 1.54) is 33.5 Å². The van der Waals surface area contributed by atoms with Gasteiger partial charge in [0.05, 0.1) is 21.3 Å². The fraction of sp³-hybridized carbons (Fsp3) is 0.286. The Bertz CT molecular complexity index is 933. The van der Waals surface area contributed by atoms with Gasteiger partial charge in [0, 0.05) is 29.8 Å². The predicted molar refractivity (Wildman–Crippen MR) is 109 cm³/mol. The van der Waals surface area contributed by atoms with E-state index in [2.05, 4.69) is 10.9 Å². The van der Waals surface area contributed by atoms with Crippen LogP contribution in [0.25, 0.3) is 0 Å². The number of anilines is 1. The highest BCUT2D eigenvalue weighted by atomic mass is 16.5. The largest absolute Gasteiger partial charge is 0.493 e. The van der Waals surface area contributed by atoms with Gasteiger partial charge in [0.15, 0.2) is 11.5 Å². The maximum atomic E-state index is 12.5. The van der Waals surface area contributed by atoms with Gasteiger partial charge >= 0.3 is 0 Å². The molecule has 2 aromatic rings. The number of amides is 3. The highest BCUT2D eigenvalue weighted by Crippen LogP contribution is 2.38. The number of carbonyl (C=O) groups excluding carboxylic acids is 3. The highest BCUT2D eigenvalue weighted by molar-refractivity contribution is 6.00. The molecule has 1 fully saturated rings. The van der Waals surface area contributed by atoms with E-state index in [0.29, 0.717) is 35.8 Å². The lowest BCUT2D eigenvalue weighted by Gasteiger charge is -2.16. The van der Waals surface area contributed by atoms with Crippen LogP contribution in [0.3, 0.4) is 0 Å². The van der Waals surface area contributed by atoms with Gasteiger partial charge in [-0.2, -0.15) is 0 Å². The molecule has 0 atom stereocenters. The van der Waals surface area contributed by atoms with Crippen molar-refractivity contribution in [1.82, 2.24) is 10.9 Å². The molecule has 3 rings (SSSR count). The second kappa shape index (κ2) is 9.17. The van der Waals surface area contributed by atoms with Gasteiger partial charge in [-0.05, 0) is 42.8 Å². The van der Waals surface area contributed by atoms with Gasteiger partial charge in [-0.3, -0.25) is 25.2 Å². The Balaban J connectivity index is 1.66. The first kappa shape index (κ1) is 21.0. The van der Waals surface area contributed by atoms with Crippen molar-refractivity contribution in [3.63, 3.8) is 0 Å². The van der Waals surface area contributed by atoms with Crippen molar-refractivity contribution in [2.75, 3.05) is 32.8 Å². The third kappa shape index (κ3) is 4.29. The second-order valence-electron chi connectivity index (χ2n) is 6.52. The molecular formula is C21H23N3O6. The standard InChI is InChI=1S/C21H23N3O6/c1-28-16-11-14(12-17(29-2)19(16)30-3)21(27)23-22-20(26)13-6-8-15(9-7-13)24-10-4-5-18(24)25/h6-9,11-12H,4-5,10H2,1-3H3,(H,22,26)(H,23,27). The van der Waals surface area contributed by atoms with Crippen molar-refractivity contribution in [3.8, 4) is 17.2 Å². The Labute approximate surface area is 173 Å². The van der Waals surface area contributed by atoms with Crippen molar-refractivity contribution in [3.05, 3.63) is 47.5 Å². The topological polar surface area (TPSA) is 106 Å². The number of benzene rings is 2. The summed E-state index contributed by atoms with van der Waals surface area (Å²) < 4.78 is 15.7. The first-order chi connectivity index (χ1) is 14.5. The summed E-state index contributed by atoms with van der Waals surface area (Å²) in [6.07, 6.45) is 1.36. The number of carbonyl (C=O) groups is 3. The number of methoxy groups -OCH3 is 3. The zero-order valence-corrected chi connectivity index (χ0v) is 17.0. The number of hydrazine groups is 1. The van der Waals surface area contributed by atoms with Crippen LogP contribution in [0.5, 0.6) is 17.2 Å². The third-order valence-corrected chi connectivity index (χ3v) is 4.73. The van der Waals surface area contributed by atoms with Crippen LogP contribution in [0, 0.1) is 0 Å². The molecule has 30 heavy (non-hydrogen) atoms. The molecule has 1 aliphatic heterocycles. The Morgan fingerprint density at radius 1 is 0.867 bits per heavy atom. The molecule has 0 unspecified atom stereocenters. The minimum absolute atomic E-state index is 0.0739. The van der Waals surface area contributed by atoms with Gasteiger partial charge in [-0.25, -0.2) is 0 Å². The van der Waals surface area contributed by atoms with Crippen molar-refractivity contribution in [2.45, 2.75) is 12.8 Å². The van der Waals surface area contributed by atoms with Gasteiger partial charge in [0.1, 0.15) is 0 Å². The third-order valence-electron chi connectivity index (χ3n) is 4.73. The summed E-state index contributed by atoms with van der Waals surface area (Å²) in [4.78, 5) is 38.3. The lowest BCUT2D eigenvalue weighted by molar-refractivity contribution is -0.117. The molecule has 158 valence electrons. The molecule has 0 radical (unpaired) electrons. The van der Waals surface area contributed by atoms with Gasteiger partial charge < -0.3 is 19.1 Å². The van der Waals surface area contributed by atoms with Crippen LogP contribution in [0.4, 0.5) is 5.69 Å². The summed E-state index contributed by atoms with van der Waals surface area (Å²) in [7, 11) is 4.35. The maximum Gasteiger partial charge on any atom is 0.269 e. The van der Waals surface area contributed by atoms with Crippen LogP contribution in [0.2, 0.25) is 0 Å². The lowest BCUT2D eigenvalue weighted by Crippen LogP contribution is -2.41. The summed E-state index contributed by atoms with van der Waals surface area (Å²) in [6, 6.07) is 9.57. The molecule has 3 amide bonds. The van der Waals surface area contributed by atoms with Gasteiger partial charge in [-0.15, -0.1) is 0 Å². The van der Waals surface area contributed by atoms with Crippen LogP contribution < -0.4 is 30.0 Å².